The Balaban J connectivity index is 1.56. The first-order valence-corrected chi connectivity index (χ1v) is 13.0. The van der Waals surface area contributed by atoms with Crippen LogP contribution in [-0.4, -0.2) is 24.3 Å². The number of esters is 1. The molecule has 0 aromatic heterocycles. The molecule has 29 heavy (non-hydrogen) atoms. The minimum atomic E-state index is 0.0745. The van der Waals surface area contributed by atoms with Crippen molar-refractivity contribution in [2.75, 3.05) is 0 Å². The van der Waals surface area contributed by atoms with Crippen LogP contribution in [-0.2, 0) is 14.3 Å². The van der Waals surface area contributed by atoms with Crippen molar-refractivity contribution in [3.05, 3.63) is 0 Å². The predicted molar refractivity (Wildman–Crippen MR) is 121 cm³/mol. The van der Waals surface area contributed by atoms with Gasteiger partial charge in [-0.25, -0.2) is 0 Å². The molecule has 0 radical (unpaired) electrons. The lowest BCUT2D eigenvalue weighted by Gasteiger charge is -2.32. The van der Waals surface area contributed by atoms with E-state index in [1.54, 1.807) is 0 Å². The second-order valence-electron chi connectivity index (χ2n) is 9.85. The highest BCUT2D eigenvalue weighted by atomic mass is 16.5. The fraction of sp³-hybridized carbons (Fsp3) is 0.962. The van der Waals surface area contributed by atoms with Gasteiger partial charge in [0.2, 0.25) is 0 Å². The van der Waals surface area contributed by atoms with Gasteiger partial charge in [-0.05, 0) is 70.6 Å². The molecule has 0 aliphatic heterocycles. The molecule has 0 N–H and O–H groups in total. The van der Waals surface area contributed by atoms with Crippen molar-refractivity contribution in [3.63, 3.8) is 0 Å². The maximum atomic E-state index is 12.6. The van der Waals surface area contributed by atoms with Gasteiger partial charge in [0.15, 0.2) is 0 Å². The number of rotatable bonds is 13. The van der Waals surface area contributed by atoms with Crippen molar-refractivity contribution < 1.29 is 14.3 Å². The molecular weight excluding hydrogens is 360 g/mol. The lowest BCUT2D eigenvalue weighted by molar-refractivity contribution is -0.158. The molecule has 0 aromatic rings. The Kier molecular flexibility index (Phi) is 12.3. The van der Waals surface area contributed by atoms with Gasteiger partial charge in [0.25, 0.3) is 0 Å². The van der Waals surface area contributed by atoms with Crippen molar-refractivity contribution in [2.24, 2.45) is 11.8 Å². The molecule has 1 atom stereocenters. The van der Waals surface area contributed by atoms with E-state index in [9.17, 15) is 4.79 Å². The molecule has 170 valence electrons. The molecule has 3 heteroatoms. The van der Waals surface area contributed by atoms with Gasteiger partial charge in [0.05, 0.1) is 18.1 Å². The molecule has 2 aliphatic carbocycles. The van der Waals surface area contributed by atoms with Crippen LogP contribution in [0.5, 0.6) is 0 Å². The van der Waals surface area contributed by atoms with Crippen molar-refractivity contribution in [1.82, 2.24) is 0 Å². The Labute approximate surface area is 180 Å². The summed E-state index contributed by atoms with van der Waals surface area (Å²) in [5.41, 5.74) is 0. The SMILES string of the molecule is CCCCCC[C@@H](C)OC1CCC(C(=O)OC2CCC(CCCCC)CC2)CC1. The molecule has 3 nitrogen and oxygen atoms in total. The molecule has 0 amide bonds. The van der Waals surface area contributed by atoms with Gasteiger partial charge in [0, 0.05) is 0 Å². The van der Waals surface area contributed by atoms with Crippen LogP contribution in [0.4, 0.5) is 0 Å². The van der Waals surface area contributed by atoms with Crippen LogP contribution in [0.1, 0.15) is 130 Å². The third-order valence-corrected chi connectivity index (χ3v) is 7.19. The van der Waals surface area contributed by atoms with Crippen LogP contribution in [0.25, 0.3) is 0 Å². The number of hydrogen-bond donors (Lipinski definition) is 0. The molecule has 0 unspecified atom stereocenters. The maximum absolute atomic E-state index is 12.6. The zero-order valence-electron chi connectivity index (χ0n) is 19.6. The van der Waals surface area contributed by atoms with E-state index in [1.165, 1.54) is 70.6 Å². The summed E-state index contributed by atoms with van der Waals surface area (Å²) in [6.45, 7) is 6.74. The predicted octanol–water partition coefficient (Wildman–Crippen LogP) is 7.60. The minimum absolute atomic E-state index is 0.0745. The molecule has 2 fully saturated rings. The van der Waals surface area contributed by atoms with Gasteiger partial charge >= 0.3 is 5.97 Å². The van der Waals surface area contributed by atoms with Gasteiger partial charge < -0.3 is 9.47 Å². The van der Waals surface area contributed by atoms with Crippen LogP contribution in [0.15, 0.2) is 0 Å². The van der Waals surface area contributed by atoms with E-state index in [1.807, 2.05) is 0 Å². The van der Waals surface area contributed by atoms with E-state index in [-0.39, 0.29) is 18.0 Å². The Morgan fingerprint density at radius 3 is 2.07 bits per heavy atom. The topological polar surface area (TPSA) is 35.5 Å². The van der Waals surface area contributed by atoms with Gasteiger partial charge in [-0.1, -0.05) is 65.2 Å². The smallest absolute Gasteiger partial charge is 0.309 e. The lowest BCUT2D eigenvalue weighted by atomic mass is 9.83. The fourth-order valence-corrected chi connectivity index (χ4v) is 5.17. The summed E-state index contributed by atoms with van der Waals surface area (Å²) in [5, 5.41) is 0. The van der Waals surface area contributed by atoms with E-state index in [2.05, 4.69) is 20.8 Å². The van der Waals surface area contributed by atoms with Gasteiger partial charge in [-0.15, -0.1) is 0 Å². The quantitative estimate of drug-likeness (QED) is 0.232. The Bertz CT molecular complexity index is 420. The molecule has 0 saturated heterocycles. The number of carbonyl (C=O) groups is 1. The third-order valence-electron chi connectivity index (χ3n) is 7.19. The summed E-state index contributed by atoms with van der Waals surface area (Å²) in [4.78, 5) is 12.6. The van der Waals surface area contributed by atoms with Gasteiger partial charge in [0.1, 0.15) is 6.10 Å². The summed E-state index contributed by atoms with van der Waals surface area (Å²) in [6, 6.07) is 0. The number of unbranched alkanes of at least 4 members (excludes halogenated alkanes) is 5. The van der Waals surface area contributed by atoms with Crippen molar-refractivity contribution in [2.45, 2.75) is 148 Å². The zero-order chi connectivity index (χ0) is 20.9. The lowest BCUT2D eigenvalue weighted by Crippen LogP contribution is -2.32. The van der Waals surface area contributed by atoms with Crippen LogP contribution < -0.4 is 0 Å². The van der Waals surface area contributed by atoms with Crippen molar-refractivity contribution >= 4 is 5.97 Å². The van der Waals surface area contributed by atoms with Crippen LogP contribution in [0.3, 0.4) is 0 Å². The molecule has 0 bridgehead atoms. The Hall–Kier alpha value is -0.570. The summed E-state index contributed by atoms with van der Waals surface area (Å²) >= 11 is 0. The maximum Gasteiger partial charge on any atom is 0.309 e. The van der Waals surface area contributed by atoms with E-state index in [0.29, 0.717) is 12.2 Å². The molecule has 2 saturated carbocycles. The Morgan fingerprint density at radius 2 is 1.41 bits per heavy atom. The second kappa shape index (κ2) is 14.4. The molecule has 2 rings (SSSR count). The normalized spacial score (nSPS) is 28.8. The van der Waals surface area contributed by atoms with E-state index < -0.39 is 0 Å². The van der Waals surface area contributed by atoms with Crippen molar-refractivity contribution in [3.8, 4) is 0 Å². The fourth-order valence-electron chi connectivity index (χ4n) is 5.17. The largest absolute Gasteiger partial charge is 0.462 e. The molecule has 2 aliphatic rings. The summed E-state index contributed by atoms with van der Waals surface area (Å²) < 4.78 is 12.2. The highest BCUT2D eigenvalue weighted by molar-refractivity contribution is 5.72. The third kappa shape index (κ3) is 9.85. The van der Waals surface area contributed by atoms with Crippen molar-refractivity contribution in [1.29, 1.82) is 0 Å². The van der Waals surface area contributed by atoms with Crippen LogP contribution >= 0.6 is 0 Å². The second-order valence-corrected chi connectivity index (χ2v) is 9.85. The first-order chi connectivity index (χ1) is 14.1. The number of hydrogen-bond acceptors (Lipinski definition) is 3. The molecule has 0 heterocycles. The van der Waals surface area contributed by atoms with Gasteiger partial charge in [-0.3, -0.25) is 4.79 Å². The van der Waals surface area contributed by atoms with E-state index in [4.69, 9.17) is 9.47 Å². The standard InChI is InChI=1S/C26H48O3/c1-4-6-8-10-11-21(3)28-24-19-15-23(16-20-24)26(27)29-25-17-13-22(14-18-25)12-9-7-5-2/h21-25H,4-20H2,1-3H3/t21-,22?,23?,24?,25?/m1/s1. The highest BCUT2D eigenvalue weighted by Crippen LogP contribution is 2.33. The summed E-state index contributed by atoms with van der Waals surface area (Å²) in [7, 11) is 0. The average Bonchev–Trinajstić information content (AvgIpc) is 2.73. The van der Waals surface area contributed by atoms with E-state index in [0.717, 1.165) is 44.4 Å². The summed E-state index contributed by atoms with van der Waals surface area (Å²) in [5.74, 6) is 1.05. The number of ether oxygens (including phenoxy) is 2. The molecule has 0 spiro atoms. The van der Waals surface area contributed by atoms with Gasteiger partial charge in [-0.2, -0.15) is 0 Å². The first-order valence-electron chi connectivity index (χ1n) is 13.0. The minimum Gasteiger partial charge on any atom is -0.462 e. The first kappa shape index (κ1) is 24.7. The monoisotopic (exact) mass is 408 g/mol. The van der Waals surface area contributed by atoms with Crippen LogP contribution in [0, 0.1) is 11.8 Å². The zero-order valence-corrected chi connectivity index (χ0v) is 19.6. The molecule has 0 aromatic carbocycles. The van der Waals surface area contributed by atoms with Crippen LogP contribution in [0.2, 0.25) is 0 Å². The average molecular weight is 409 g/mol. The number of carbonyl (C=O) groups excluding carboxylic acids is 1. The molecular formula is C26H48O3. The highest BCUT2D eigenvalue weighted by Gasteiger charge is 2.31. The van der Waals surface area contributed by atoms with E-state index >= 15 is 0 Å². The summed E-state index contributed by atoms with van der Waals surface area (Å²) in [6.07, 6.45) is 21.3. The Morgan fingerprint density at radius 1 is 0.793 bits per heavy atom.